The van der Waals surface area contributed by atoms with Gasteiger partial charge < -0.3 is 36.9 Å². The number of carbonyl (C=O) groups is 5. The van der Waals surface area contributed by atoms with Crippen molar-refractivity contribution in [2.24, 2.45) is 5.73 Å². The molecule has 1 aromatic heterocycles. The lowest BCUT2D eigenvalue weighted by Gasteiger charge is -2.19. The van der Waals surface area contributed by atoms with E-state index in [-0.39, 0.29) is 56.9 Å². The summed E-state index contributed by atoms with van der Waals surface area (Å²) in [5.41, 5.74) is 7.46. The Bertz CT molecular complexity index is 1220. The Labute approximate surface area is 237 Å². The smallest absolute Gasteiger partial charge is 0.326 e. The van der Waals surface area contributed by atoms with Crippen molar-refractivity contribution in [2.45, 2.75) is 75.8 Å². The van der Waals surface area contributed by atoms with Gasteiger partial charge in [-0.3, -0.25) is 29.8 Å². The Balaban J connectivity index is 1.50. The van der Waals surface area contributed by atoms with Gasteiger partial charge in [0.1, 0.15) is 12.1 Å². The summed E-state index contributed by atoms with van der Waals surface area (Å²) in [6, 6.07) is 5.59. The molecule has 0 bridgehead atoms. The summed E-state index contributed by atoms with van der Waals surface area (Å²) in [4.78, 5) is 63.0. The number of unbranched alkanes of at least 4 members (excludes halogenated alkanes) is 1. The number of rotatable bonds is 19. The van der Waals surface area contributed by atoms with Crippen LogP contribution in [0, 0.1) is 0 Å². The molecular formula is C27H39N7O7. The second-order valence-corrected chi connectivity index (χ2v) is 10.1. The second-order valence-electron chi connectivity index (χ2n) is 10.1. The number of benzene rings is 1. The molecule has 0 aliphatic carbocycles. The molecule has 10 N–H and O–H groups in total. The quantitative estimate of drug-likeness (QED) is 0.0771. The average Bonchev–Trinajstić information content (AvgIpc) is 3.49. The molecule has 1 aromatic carbocycles. The Morgan fingerprint density at radius 1 is 0.902 bits per heavy atom. The zero-order valence-electron chi connectivity index (χ0n) is 22.8. The van der Waals surface area contributed by atoms with Crippen molar-refractivity contribution in [3.63, 3.8) is 0 Å². The number of fused-ring (bicyclic) bond motifs is 1. The average molecular weight is 574 g/mol. The molecule has 41 heavy (non-hydrogen) atoms. The SMILES string of the molecule is NC1NC1NCCCCC(=O)NC(Cc1c[nH]c2ccccc12)C(=O)NCCCC(NC(=O)CCC(=O)O)C(=O)O. The molecule has 4 unspecified atom stereocenters. The van der Waals surface area contributed by atoms with E-state index in [1.54, 1.807) is 0 Å². The number of carboxylic acids is 2. The lowest BCUT2D eigenvalue weighted by molar-refractivity contribution is -0.142. The highest BCUT2D eigenvalue weighted by atomic mass is 16.4. The number of aromatic nitrogens is 1. The van der Waals surface area contributed by atoms with Gasteiger partial charge in [-0.25, -0.2) is 4.79 Å². The molecule has 2 heterocycles. The molecule has 1 aliphatic rings. The number of para-hydroxylation sites is 1. The van der Waals surface area contributed by atoms with E-state index in [1.165, 1.54) is 0 Å². The molecule has 3 rings (SSSR count). The van der Waals surface area contributed by atoms with Gasteiger partial charge in [0.2, 0.25) is 17.7 Å². The fraction of sp³-hybridized carbons (Fsp3) is 0.519. The van der Waals surface area contributed by atoms with Crippen molar-refractivity contribution in [2.75, 3.05) is 13.1 Å². The van der Waals surface area contributed by atoms with Crippen molar-refractivity contribution in [3.05, 3.63) is 36.0 Å². The van der Waals surface area contributed by atoms with Crippen LogP contribution < -0.4 is 32.3 Å². The number of carbonyl (C=O) groups excluding carboxylic acids is 3. The van der Waals surface area contributed by atoms with Gasteiger partial charge in [-0.05, 0) is 43.9 Å². The lowest BCUT2D eigenvalue weighted by Crippen LogP contribution is -2.48. The monoisotopic (exact) mass is 573 g/mol. The van der Waals surface area contributed by atoms with Crippen molar-refractivity contribution in [3.8, 4) is 0 Å². The highest BCUT2D eigenvalue weighted by Gasteiger charge is 2.31. The summed E-state index contributed by atoms with van der Waals surface area (Å²) < 4.78 is 0. The third-order valence-corrected chi connectivity index (χ3v) is 6.74. The van der Waals surface area contributed by atoms with Gasteiger partial charge in [-0.2, -0.15) is 0 Å². The van der Waals surface area contributed by atoms with Crippen LogP contribution in [0.3, 0.4) is 0 Å². The predicted octanol–water partition coefficient (Wildman–Crippen LogP) is -0.500. The van der Waals surface area contributed by atoms with E-state index in [1.807, 2.05) is 30.5 Å². The summed E-state index contributed by atoms with van der Waals surface area (Å²) >= 11 is 0. The Morgan fingerprint density at radius 2 is 1.61 bits per heavy atom. The number of hydrogen-bond acceptors (Lipinski definition) is 8. The number of nitrogens with one attached hydrogen (secondary N) is 6. The number of aliphatic carboxylic acids is 2. The van der Waals surface area contributed by atoms with E-state index in [0.717, 1.165) is 29.4 Å². The molecule has 4 atom stereocenters. The minimum atomic E-state index is -1.25. The van der Waals surface area contributed by atoms with Crippen LogP contribution in [-0.4, -0.2) is 82.4 Å². The fourth-order valence-electron chi connectivity index (χ4n) is 4.39. The lowest BCUT2D eigenvalue weighted by atomic mass is 10.0. The number of amides is 3. The van der Waals surface area contributed by atoms with Crippen LogP contribution in [0.15, 0.2) is 30.5 Å². The van der Waals surface area contributed by atoms with Gasteiger partial charge in [-0.15, -0.1) is 0 Å². The van der Waals surface area contributed by atoms with Gasteiger partial charge in [0.25, 0.3) is 0 Å². The summed E-state index contributed by atoms with van der Waals surface area (Å²) in [7, 11) is 0. The number of aromatic amines is 1. The number of hydrogen-bond donors (Lipinski definition) is 9. The minimum Gasteiger partial charge on any atom is -0.481 e. The standard InChI is InChI=1S/C27H39N7O7/c28-24-25(34-24)29-12-4-3-9-21(35)33-20(14-16-15-31-18-7-2-1-6-17(16)18)26(39)30-13-5-8-19(27(40)41)32-22(36)10-11-23(37)38/h1-2,6-7,15,19-20,24-25,29,31,34H,3-5,8-14,28H2,(H,30,39)(H,32,36)(H,33,35)(H,37,38)(H,40,41). The van der Waals surface area contributed by atoms with Gasteiger partial charge in [0.05, 0.1) is 18.8 Å². The van der Waals surface area contributed by atoms with Crippen LogP contribution in [-0.2, 0) is 30.4 Å². The van der Waals surface area contributed by atoms with Crippen LogP contribution in [0.2, 0.25) is 0 Å². The van der Waals surface area contributed by atoms with E-state index in [4.69, 9.17) is 10.8 Å². The summed E-state index contributed by atoms with van der Waals surface area (Å²) in [5, 5.41) is 33.2. The molecule has 2 aromatic rings. The maximum atomic E-state index is 13.1. The first-order valence-corrected chi connectivity index (χ1v) is 13.7. The number of H-pyrrole nitrogens is 1. The van der Waals surface area contributed by atoms with Gasteiger partial charge in [-0.1, -0.05) is 18.2 Å². The van der Waals surface area contributed by atoms with Crippen molar-refractivity contribution in [1.82, 2.24) is 31.6 Å². The first-order valence-electron chi connectivity index (χ1n) is 13.7. The predicted molar refractivity (Wildman–Crippen MR) is 149 cm³/mol. The van der Waals surface area contributed by atoms with E-state index in [0.29, 0.717) is 6.42 Å². The molecule has 1 saturated heterocycles. The largest absolute Gasteiger partial charge is 0.481 e. The van der Waals surface area contributed by atoms with Gasteiger partial charge >= 0.3 is 11.9 Å². The van der Waals surface area contributed by atoms with Gasteiger partial charge in [0.15, 0.2) is 0 Å². The molecule has 1 fully saturated rings. The minimum absolute atomic E-state index is 0.0281. The molecule has 14 nitrogen and oxygen atoms in total. The molecule has 224 valence electrons. The van der Waals surface area contributed by atoms with Crippen LogP contribution in [0.25, 0.3) is 10.9 Å². The van der Waals surface area contributed by atoms with Crippen molar-refractivity contribution in [1.29, 1.82) is 0 Å². The molecule has 3 amide bonds. The molecular weight excluding hydrogens is 534 g/mol. The highest BCUT2D eigenvalue weighted by molar-refractivity contribution is 5.89. The number of carboxylic acid groups (broad SMARTS) is 2. The molecule has 0 radical (unpaired) electrons. The molecule has 0 spiro atoms. The summed E-state index contributed by atoms with van der Waals surface area (Å²) in [5.74, 6) is -3.74. The maximum Gasteiger partial charge on any atom is 0.326 e. The summed E-state index contributed by atoms with van der Waals surface area (Å²) in [6.45, 7) is 0.839. The molecule has 14 heteroatoms. The zero-order valence-corrected chi connectivity index (χ0v) is 22.8. The second kappa shape index (κ2) is 15.7. The Kier molecular flexibility index (Phi) is 12.1. The van der Waals surface area contributed by atoms with E-state index >= 15 is 0 Å². The third-order valence-electron chi connectivity index (χ3n) is 6.74. The zero-order chi connectivity index (χ0) is 29.8. The Morgan fingerprint density at radius 3 is 2.32 bits per heavy atom. The number of nitrogens with two attached hydrogens (primary N) is 1. The van der Waals surface area contributed by atoms with E-state index < -0.39 is 42.3 Å². The molecule has 0 saturated carbocycles. The van der Waals surface area contributed by atoms with E-state index in [9.17, 15) is 29.1 Å². The Hall–Kier alpha value is -4.01. The first kappa shape index (κ1) is 31.5. The van der Waals surface area contributed by atoms with Crippen LogP contribution in [0.1, 0.15) is 50.5 Å². The highest BCUT2D eigenvalue weighted by Crippen LogP contribution is 2.19. The summed E-state index contributed by atoms with van der Waals surface area (Å²) in [6.07, 6.45) is 3.36. The normalized spacial score (nSPS) is 17.4. The topological polar surface area (TPSA) is 238 Å². The third kappa shape index (κ3) is 10.8. The van der Waals surface area contributed by atoms with Crippen LogP contribution in [0.5, 0.6) is 0 Å². The van der Waals surface area contributed by atoms with Crippen molar-refractivity contribution >= 4 is 40.6 Å². The maximum absolute atomic E-state index is 13.1. The van der Waals surface area contributed by atoms with E-state index in [2.05, 4.69) is 31.6 Å². The van der Waals surface area contributed by atoms with Crippen molar-refractivity contribution < 1.29 is 34.2 Å². The van der Waals surface area contributed by atoms with Crippen LogP contribution in [0.4, 0.5) is 0 Å². The first-order chi connectivity index (χ1) is 19.6. The fourth-order valence-corrected chi connectivity index (χ4v) is 4.39. The van der Waals surface area contributed by atoms with Crippen LogP contribution >= 0.6 is 0 Å². The van der Waals surface area contributed by atoms with Gasteiger partial charge in [0, 0.05) is 42.9 Å². The molecule has 1 aliphatic heterocycles.